The maximum Gasteiger partial charge on any atom is 0.244 e. The van der Waals surface area contributed by atoms with Crippen molar-refractivity contribution in [1.82, 2.24) is 9.80 Å². The number of nitrogens with zero attached hydrogens (tertiary/aromatic N) is 2. The predicted octanol–water partition coefficient (Wildman–Crippen LogP) is 2.48. The average Bonchev–Trinajstić information content (AvgIpc) is 2.55. The number of benzene rings is 2. The topological polar surface area (TPSA) is 60.9 Å². The first-order valence-corrected chi connectivity index (χ1v) is 7.78. The molecule has 0 radical (unpaired) electrons. The summed E-state index contributed by atoms with van der Waals surface area (Å²) in [5.41, 5.74) is 0.934. The van der Waals surface area contributed by atoms with Gasteiger partial charge in [-0.3, -0.25) is 14.5 Å². The van der Waals surface area contributed by atoms with E-state index in [1.165, 1.54) is 48.3 Å². The molecular formula is C19H21FN2O3. The lowest BCUT2D eigenvalue weighted by molar-refractivity contribution is -0.134. The molecule has 0 aliphatic heterocycles. The first-order chi connectivity index (χ1) is 11.8. The summed E-state index contributed by atoms with van der Waals surface area (Å²) < 4.78 is 13.5. The van der Waals surface area contributed by atoms with E-state index in [1.54, 1.807) is 31.1 Å². The summed E-state index contributed by atoms with van der Waals surface area (Å²) in [7, 11) is 4.99. The van der Waals surface area contributed by atoms with E-state index in [9.17, 15) is 19.1 Å². The van der Waals surface area contributed by atoms with E-state index < -0.39 is 11.9 Å². The van der Waals surface area contributed by atoms with Crippen molar-refractivity contribution in [3.8, 4) is 5.75 Å². The Hall–Kier alpha value is -2.73. The number of Topliss-reactive ketones (excluding diaryl/α,β-unsaturated/α-hetero) is 1. The van der Waals surface area contributed by atoms with Gasteiger partial charge in [-0.2, -0.15) is 0 Å². The second-order valence-corrected chi connectivity index (χ2v) is 6.09. The van der Waals surface area contributed by atoms with E-state index in [1.807, 2.05) is 0 Å². The third-order valence-electron chi connectivity index (χ3n) is 3.86. The fourth-order valence-corrected chi connectivity index (χ4v) is 2.58. The molecule has 5 nitrogen and oxygen atoms in total. The highest BCUT2D eigenvalue weighted by atomic mass is 19.1. The minimum absolute atomic E-state index is 0.0692. The van der Waals surface area contributed by atoms with E-state index >= 15 is 0 Å². The number of rotatable bonds is 6. The van der Waals surface area contributed by atoms with E-state index in [4.69, 9.17) is 0 Å². The van der Waals surface area contributed by atoms with Gasteiger partial charge >= 0.3 is 0 Å². The SMILES string of the molecule is CN(CC(=O)c1ccc(O)cc1)C(=O)[C@H](c1cccc(F)c1)N(C)C. The summed E-state index contributed by atoms with van der Waals surface area (Å²) in [6, 6.07) is 11.0. The molecule has 2 aromatic carbocycles. The first kappa shape index (κ1) is 18.6. The molecule has 0 saturated carbocycles. The second kappa shape index (κ2) is 7.90. The molecule has 1 amide bonds. The molecule has 25 heavy (non-hydrogen) atoms. The Morgan fingerprint density at radius 1 is 1.08 bits per heavy atom. The van der Waals surface area contributed by atoms with Crippen molar-refractivity contribution >= 4 is 11.7 Å². The monoisotopic (exact) mass is 344 g/mol. The molecule has 0 heterocycles. The number of phenols is 1. The number of hydrogen-bond acceptors (Lipinski definition) is 4. The number of ketones is 1. The van der Waals surface area contributed by atoms with Crippen LogP contribution in [-0.2, 0) is 4.79 Å². The molecule has 0 aliphatic rings. The summed E-state index contributed by atoms with van der Waals surface area (Å²) >= 11 is 0. The number of phenolic OH excluding ortho intramolecular Hbond substituents is 1. The van der Waals surface area contributed by atoms with Crippen molar-refractivity contribution in [1.29, 1.82) is 0 Å². The molecule has 0 spiro atoms. The Morgan fingerprint density at radius 2 is 1.72 bits per heavy atom. The largest absolute Gasteiger partial charge is 0.508 e. The smallest absolute Gasteiger partial charge is 0.244 e. The van der Waals surface area contributed by atoms with Gasteiger partial charge in [-0.1, -0.05) is 12.1 Å². The summed E-state index contributed by atoms with van der Waals surface area (Å²) in [5, 5.41) is 9.28. The number of amides is 1. The van der Waals surface area contributed by atoms with Crippen LogP contribution in [0.5, 0.6) is 5.75 Å². The standard InChI is InChI=1S/C19H21FN2O3/c1-21(2)18(14-5-4-6-15(20)11-14)19(25)22(3)12-17(24)13-7-9-16(23)10-8-13/h4-11,18,23H,12H2,1-3H3/t18-/m0/s1. The number of halogens is 1. The normalized spacial score (nSPS) is 12.0. The zero-order chi connectivity index (χ0) is 18.6. The van der Waals surface area contributed by atoms with Crippen LogP contribution in [0.2, 0.25) is 0 Å². The molecule has 0 fully saturated rings. The van der Waals surface area contributed by atoms with Crippen LogP contribution in [-0.4, -0.2) is 54.3 Å². The minimum atomic E-state index is -0.687. The van der Waals surface area contributed by atoms with Gasteiger partial charge in [0.15, 0.2) is 5.78 Å². The molecule has 0 aliphatic carbocycles. The Kier molecular flexibility index (Phi) is 5.88. The number of aromatic hydroxyl groups is 1. The van der Waals surface area contributed by atoms with Crippen LogP contribution in [0.4, 0.5) is 4.39 Å². The number of carbonyl (C=O) groups excluding carboxylic acids is 2. The molecule has 0 unspecified atom stereocenters. The molecule has 6 heteroatoms. The summed E-state index contributed by atoms with van der Waals surface area (Å²) in [6.45, 7) is -0.108. The molecule has 2 aromatic rings. The van der Waals surface area contributed by atoms with Gasteiger partial charge in [0.05, 0.1) is 6.54 Å². The average molecular weight is 344 g/mol. The zero-order valence-electron chi connectivity index (χ0n) is 14.4. The lowest BCUT2D eigenvalue weighted by Crippen LogP contribution is -2.40. The molecular weight excluding hydrogens is 323 g/mol. The third-order valence-corrected chi connectivity index (χ3v) is 3.86. The second-order valence-electron chi connectivity index (χ2n) is 6.09. The Labute approximate surface area is 146 Å². The van der Waals surface area contributed by atoms with Crippen LogP contribution in [0, 0.1) is 5.82 Å². The number of carbonyl (C=O) groups is 2. The van der Waals surface area contributed by atoms with Crippen molar-refractivity contribution in [2.75, 3.05) is 27.7 Å². The van der Waals surface area contributed by atoms with Gasteiger partial charge in [0.2, 0.25) is 5.91 Å². The highest BCUT2D eigenvalue weighted by Crippen LogP contribution is 2.21. The molecule has 2 rings (SSSR count). The van der Waals surface area contributed by atoms with Crippen LogP contribution in [0.1, 0.15) is 22.0 Å². The quantitative estimate of drug-likeness (QED) is 0.818. The van der Waals surface area contributed by atoms with Crippen molar-refractivity contribution in [2.45, 2.75) is 6.04 Å². The first-order valence-electron chi connectivity index (χ1n) is 7.78. The molecule has 1 N–H and O–H groups in total. The lowest BCUT2D eigenvalue weighted by Gasteiger charge is -2.28. The summed E-state index contributed by atoms with van der Waals surface area (Å²) in [6.07, 6.45) is 0. The Bertz CT molecular complexity index is 760. The molecule has 1 atom stereocenters. The molecule has 0 aromatic heterocycles. The number of likely N-dealkylation sites (N-methyl/N-ethyl adjacent to an activating group) is 2. The van der Waals surface area contributed by atoms with Crippen LogP contribution < -0.4 is 0 Å². The maximum atomic E-state index is 13.5. The van der Waals surface area contributed by atoms with Gasteiger partial charge in [-0.15, -0.1) is 0 Å². The molecule has 132 valence electrons. The van der Waals surface area contributed by atoms with Crippen LogP contribution in [0.25, 0.3) is 0 Å². The van der Waals surface area contributed by atoms with Crippen molar-refractivity contribution in [2.24, 2.45) is 0 Å². The minimum Gasteiger partial charge on any atom is -0.508 e. The van der Waals surface area contributed by atoms with Crippen molar-refractivity contribution in [3.05, 3.63) is 65.5 Å². The van der Waals surface area contributed by atoms with E-state index in [0.29, 0.717) is 11.1 Å². The van der Waals surface area contributed by atoms with E-state index in [2.05, 4.69) is 0 Å². The van der Waals surface area contributed by atoms with Crippen molar-refractivity contribution in [3.63, 3.8) is 0 Å². The van der Waals surface area contributed by atoms with Gasteiger partial charge in [0, 0.05) is 12.6 Å². The summed E-state index contributed by atoms with van der Waals surface area (Å²) in [4.78, 5) is 28.1. The highest BCUT2D eigenvalue weighted by molar-refractivity contribution is 5.99. The fraction of sp³-hybridized carbons (Fsp3) is 0.263. The van der Waals surface area contributed by atoms with Gasteiger partial charge in [-0.05, 0) is 56.1 Å². The highest BCUT2D eigenvalue weighted by Gasteiger charge is 2.27. The van der Waals surface area contributed by atoms with Gasteiger partial charge < -0.3 is 10.0 Å². The van der Waals surface area contributed by atoms with Crippen LogP contribution in [0.3, 0.4) is 0 Å². The van der Waals surface area contributed by atoms with Gasteiger partial charge in [0.25, 0.3) is 0 Å². The fourth-order valence-electron chi connectivity index (χ4n) is 2.58. The van der Waals surface area contributed by atoms with Gasteiger partial charge in [0.1, 0.15) is 17.6 Å². The maximum absolute atomic E-state index is 13.5. The third kappa shape index (κ3) is 4.64. The predicted molar refractivity (Wildman–Crippen MR) is 92.9 cm³/mol. The summed E-state index contributed by atoms with van der Waals surface area (Å²) in [5.74, 6) is -0.893. The Morgan fingerprint density at radius 3 is 2.28 bits per heavy atom. The van der Waals surface area contributed by atoms with E-state index in [-0.39, 0.29) is 24.0 Å². The Balaban J connectivity index is 2.15. The zero-order valence-corrected chi connectivity index (χ0v) is 14.4. The van der Waals surface area contributed by atoms with Crippen molar-refractivity contribution < 1.29 is 19.1 Å². The van der Waals surface area contributed by atoms with Crippen LogP contribution in [0.15, 0.2) is 48.5 Å². The number of hydrogen-bond donors (Lipinski definition) is 1. The molecule has 0 saturated heterocycles. The van der Waals surface area contributed by atoms with Crippen LogP contribution >= 0.6 is 0 Å². The van der Waals surface area contributed by atoms with Gasteiger partial charge in [-0.25, -0.2) is 4.39 Å². The molecule has 0 bridgehead atoms. The lowest BCUT2D eigenvalue weighted by atomic mass is 10.0. The van der Waals surface area contributed by atoms with E-state index in [0.717, 1.165) is 0 Å².